The average Bonchev–Trinajstić information content (AvgIpc) is 3.06. The van der Waals surface area contributed by atoms with Gasteiger partial charge in [0.2, 0.25) is 5.89 Å². The SMILES string of the molecule is Cc1noc(CSc2nc3ccccc3c(=O)n2-c2ccccc2Cl)n1. The molecule has 0 aliphatic carbocycles. The van der Waals surface area contributed by atoms with Crippen LogP contribution in [-0.2, 0) is 5.75 Å². The number of para-hydroxylation sites is 2. The fourth-order valence-corrected chi connectivity index (χ4v) is 3.64. The Balaban J connectivity index is 1.88. The van der Waals surface area contributed by atoms with Gasteiger partial charge in [0.1, 0.15) is 0 Å². The molecule has 0 fully saturated rings. The van der Waals surface area contributed by atoms with Gasteiger partial charge in [0.05, 0.1) is 27.4 Å². The van der Waals surface area contributed by atoms with Gasteiger partial charge in [-0.05, 0) is 31.2 Å². The Morgan fingerprint density at radius 1 is 1.12 bits per heavy atom. The molecule has 0 saturated heterocycles. The number of thioether (sulfide) groups is 1. The lowest BCUT2D eigenvalue weighted by molar-refractivity contribution is 0.387. The molecule has 0 aliphatic heterocycles. The van der Waals surface area contributed by atoms with Crippen molar-refractivity contribution in [3.63, 3.8) is 0 Å². The van der Waals surface area contributed by atoms with Gasteiger partial charge in [-0.2, -0.15) is 4.98 Å². The number of rotatable bonds is 4. The molecule has 26 heavy (non-hydrogen) atoms. The summed E-state index contributed by atoms with van der Waals surface area (Å²) in [5.41, 5.74) is 1.04. The largest absolute Gasteiger partial charge is 0.338 e. The van der Waals surface area contributed by atoms with Crippen LogP contribution < -0.4 is 5.56 Å². The van der Waals surface area contributed by atoms with Gasteiger partial charge in [-0.1, -0.05) is 52.8 Å². The second-order valence-electron chi connectivity index (χ2n) is 5.53. The lowest BCUT2D eigenvalue weighted by Gasteiger charge is -2.13. The van der Waals surface area contributed by atoms with E-state index in [-0.39, 0.29) is 5.56 Å². The highest BCUT2D eigenvalue weighted by molar-refractivity contribution is 7.98. The summed E-state index contributed by atoms with van der Waals surface area (Å²) in [5, 5.41) is 5.30. The van der Waals surface area contributed by atoms with Crippen molar-refractivity contribution in [3.8, 4) is 5.69 Å². The van der Waals surface area contributed by atoms with Crippen molar-refractivity contribution in [2.45, 2.75) is 17.8 Å². The maximum Gasteiger partial charge on any atom is 0.266 e. The Hall–Kier alpha value is -2.64. The zero-order valence-corrected chi connectivity index (χ0v) is 15.3. The van der Waals surface area contributed by atoms with E-state index in [1.807, 2.05) is 30.3 Å². The van der Waals surface area contributed by atoms with Crippen molar-refractivity contribution in [3.05, 3.63) is 75.6 Å². The predicted molar refractivity (Wildman–Crippen MR) is 101 cm³/mol. The summed E-state index contributed by atoms with van der Waals surface area (Å²) in [5.74, 6) is 1.44. The third-order valence-electron chi connectivity index (χ3n) is 3.73. The number of hydrogen-bond donors (Lipinski definition) is 0. The van der Waals surface area contributed by atoms with Crippen molar-refractivity contribution in [2.75, 3.05) is 0 Å². The number of halogens is 1. The molecule has 130 valence electrons. The molecule has 6 nitrogen and oxygen atoms in total. The number of nitrogens with zero attached hydrogens (tertiary/aromatic N) is 4. The number of aromatic nitrogens is 4. The molecule has 0 radical (unpaired) electrons. The molecule has 0 spiro atoms. The van der Waals surface area contributed by atoms with Gasteiger partial charge in [0, 0.05) is 0 Å². The van der Waals surface area contributed by atoms with Gasteiger partial charge in [0.25, 0.3) is 5.56 Å². The minimum Gasteiger partial charge on any atom is -0.338 e. The molecule has 8 heteroatoms. The highest BCUT2D eigenvalue weighted by Gasteiger charge is 2.16. The van der Waals surface area contributed by atoms with Crippen molar-refractivity contribution < 1.29 is 4.52 Å². The molecular weight excluding hydrogens is 372 g/mol. The molecule has 4 aromatic rings. The van der Waals surface area contributed by atoms with Crippen molar-refractivity contribution in [1.29, 1.82) is 0 Å². The van der Waals surface area contributed by atoms with Gasteiger partial charge < -0.3 is 4.52 Å². The minimum atomic E-state index is -0.173. The first kappa shape index (κ1) is 16.8. The van der Waals surface area contributed by atoms with Gasteiger partial charge in [-0.3, -0.25) is 9.36 Å². The molecule has 0 unspecified atom stereocenters. The van der Waals surface area contributed by atoms with Crippen LogP contribution in [0.15, 0.2) is 63.0 Å². The Labute approximate surface area is 157 Å². The molecule has 4 rings (SSSR count). The van der Waals surface area contributed by atoms with Crippen LogP contribution in [0.4, 0.5) is 0 Å². The van der Waals surface area contributed by atoms with E-state index in [0.29, 0.717) is 44.2 Å². The monoisotopic (exact) mass is 384 g/mol. The first-order chi connectivity index (χ1) is 12.6. The summed E-state index contributed by atoms with van der Waals surface area (Å²) in [6.07, 6.45) is 0. The average molecular weight is 385 g/mol. The van der Waals surface area contributed by atoms with Crippen LogP contribution in [0.1, 0.15) is 11.7 Å². The fourth-order valence-electron chi connectivity index (χ4n) is 2.58. The van der Waals surface area contributed by atoms with Crippen LogP contribution in [0.3, 0.4) is 0 Å². The van der Waals surface area contributed by atoms with E-state index in [1.54, 1.807) is 25.1 Å². The van der Waals surface area contributed by atoms with Gasteiger partial charge >= 0.3 is 0 Å². The van der Waals surface area contributed by atoms with E-state index in [9.17, 15) is 4.79 Å². The number of fused-ring (bicyclic) bond motifs is 1. The van der Waals surface area contributed by atoms with Crippen LogP contribution in [0.2, 0.25) is 5.02 Å². The Bertz CT molecular complexity index is 1160. The number of hydrogen-bond acceptors (Lipinski definition) is 6. The second kappa shape index (κ2) is 6.93. The summed E-state index contributed by atoms with van der Waals surface area (Å²) in [7, 11) is 0. The van der Waals surface area contributed by atoms with E-state index < -0.39 is 0 Å². The molecule has 2 aromatic heterocycles. The molecule has 2 heterocycles. The van der Waals surface area contributed by atoms with E-state index >= 15 is 0 Å². The third kappa shape index (κ3) is 3.11. The molecule has 0 bridgehead atoms. The molecule has 0 amide bonds. The minimum absolute atomic E-state index is 0.173. The molecule has 0 N–H and O–H groups in total. The molecule has 0 atom stereocenters. The summed E-state index contributed by atoms with van der Waals surface area (Å²) in [6, 6.07) is 14.4. The lowest BCUT2D eigenvalue weighted by atomic mass is 10.2. The first-order valence-corrected chi connectivity index (χ1v) is 9.18. The highest BCUT2D eigenvalue weighted by atomic mass is 35.5. The highest BCUT2D eigenvalue weighted by Crippen LogP contribution is 2.27. The van der Waals surface area contributed by atoms with Gasteiger partial charge in [-0.25, -0.2) is 4.98 Å². The van der Waals surface area contributed by atoms with Crippen molar-refractivity contribution >= 4 is 34.3 Å². The molecule has 0 aliphatic rings. The van der Waals surface area contributed by atoms with Crippen LogP contribution in [0, 0.1) is 6.92 Å². The topological polar surface area (TPSA) is 73.8 Å². The van der Waals surface area contributed by atoms with Crippen molar-refractivity contribution in [2.24, 2.45) is 0 Å². The zero-order chi connectivity index (χ0) is 18.1. The number of aryl methyl sites for hydroxylation is 1. The van der Waals surface area contributed by atoms with Gasteiger partial charge in [0.15, 0.2) is 11.0 Å². The van der Waals surface area contributed by atoms with Crippen LogP contribution in [0.5, 0.6) is 0 Å². The van der Waals surface area contributed by atoms with Crippen LogP contribution >= 0.6 is 23.4 Å². The normalized spacial score (nSPS) is 11.2. The molecule has 2 aromatic carbocycles. The fraction of sp³-hybridized carbons (Fsp3) is 0.111. The Morgan fingerprint density at radius 2 is 1.88 bits per heavy atom. The van der Waals surface area contributed by atoms with E-state index in [0.717, 1.165) is 0 Å². The Morgan fingerprint density at radius 3 is 2.65 bits per heavy atom. The number of benzene rings is 2. The maximum atomic E-state index is 13.1. The summed E-state index contributed by atoms with van der Waals surface area (Å²) >= 11 is 7.68. The third-order valence-corrected chi connectivity index (χ3v) is 4.98. The summed E-state index contributed by atoms with van der Waals surface area (Å²) in [6.45, 7) is 1.76. The maximum absolute atomic E-state index is 13.1. The summed E-state index contributed by atoms with van der Waals surface area (Å²) in [4.78, 5) is 22.0. The smallest absolute Gasteiger partial charge is 0.266 e. The van der Waals surface area contributed by atoms with E-state index in [2.05, 4.69) is 15.1 Å². The van der Waals surface area contributed by atoms with Crippen molar-refractivity contribution in [1.82, 2.24) is 19.7 Å². The van der Waals surface area contributed by atoms with Gasteiger partial charge in [-0.15, -0.1) is 0 Å². The quantitative estimate of drug-likeness (QED) is 0.391. The first-order valence-electron chi connectivity index (χ1n) is 7.82. The lowest BCUT2D eigenvalue weighted by Crippen LogP contribution is -2.22. The summed E-state index contributed by atoms with van der Waals surface area (Å²) < 4.78 is 6.68. The van der Waals surface area contributed by atoms with E-state index in [4.69, 9.17) is 16.1 Å². The van der Waals surface area contributed by atoms with Crippen LogP contribution in [-0.4, -0.2) is 19.7 Å². The molecule has 0 saturated carbocycles. The standard InChI is InChI=1S/C18H13ClN4O2S/c1-11-20-16(25-22-11)10-26-18-21-14-8-4-2-6-12(14)17(24)23(18)15-9-5-3-7-13(15)19/h2-9H,10H2,1H3. The molecular formula is C18H13ClN4O2S. The second-order valence-corrected chi connectivity index (χ2v) is 6.88. The zero-order valence-electron chi connectivity index (χ0n) is 13.7. The Kier molecular flexibility index (Phi) is 4.48. The van der Waals surface area contributed by atoms with E-state index in [1.165, 1.54) is 16.3 Å². The predicted octanol–water partition coefficient (Wildman–Crippen LogP) is 4.02. The van der Waals surface area contributed by atoms with Crippen LogP contribution in [0.25, 0.3) is 16.6 Å².